The fraction of sp³-hybridized carbons (Fsp3) is 0.143. The van der Waals surface area contributed by atoms with Crippen molar-refractivity contribution in [1.29, 1.82) is 0 Å². The number of amides is 1. The van der Waals surface area contributed by atoms with Crippen molar-refractivity contribution < 1.29 is 9.90 Å². The van der Waals surface area contributed by atoms with Crippen LogP contribution in [0.1, 0.15) is 5.56 Å². The lowest BCUT2D eigenvalue weighted by Crippen LogP contribution is -2.39. The smallest absolute Gasteiger partial charge is 0.333 e. The van der Waals surface area contributed by atoms with Gasteiger partial charge >= 0.3 is 5.69 Å². The summed E-state index contributed by atoms with van der Waals surface area (Å²) in [6, 6.07) is 11.0. The normalized spacial score (nSPS) is 11.5. The molecule has 3 aromatic rings. The molecular formula is C21H17Cl3N4O4S. The third-order valence-corrected chi connectivity index (χ3v) is 6.05. The lowest BCUT2D eigenvalue weighted by atomic mass is 10.3. The van der Waals surface area contributed by atoms with E-state index in [4.69, 9.17) is 34.8 Å². The number of benzene rings is 2. The van der Waals surface area contributed by atoms with E-state index in [1.54, 1.807) is 24.3 Å². The molecule has 12 heteroatoms. The number of aromatic hydroxyl groups is 1. The third kappa shape index (κ3) is 6.00. The molecule has 8 nitrogen and oxygen atoms in total. The summed E-state index contributed by atoms with van der Waals surface area (Å²) in [6.07, 6.45) is 0. The van der Waals surface area contributed by atoms with Crippen molar-refractivity contribution in [2.75, 3.05) is 11.1 Å². The number of anilines is 1. The van der Waals surface area contributed by atoms with Gasteiger partial charge < -0.3 is 10.4 Å². The van der Waals surface area contributed by atoms with E-state index in [2.05, 4.69) is 10.3 Å². The molecule has 2 N–H and O–H groups in total. The molecule has 0 fully saturated rings. The maximum absolute atomic E-state index is 12.8. The van der Waals surface area contributed by atoms with Crippen molar-refractivity contribution in [3.8, 4) is 5.88 Å². The van der Waals surface area contributed by atoms with Crippen LogP contribution >= 0.6 is 46.6 Å². The molecule has 0 spiro atoms. The van der Waals surface area contributed by atoms with Gasteiger partial charge in [-0.15, -0.1) is 0 Å². The summed E-state index contributed by atoms with van der Waals surface area (Å²) in [7, 11) is 2.61. The van der Waals surface area contributed by atoms with E-state index in [0.29, 0.717) is 26.4 Å². The first kappa shape index (κ1) is 24.9. The summed E-state index contributed by atoms with van der Waals surface area (Å²) in [5, 5.41) is 14.5. The van der Waals surface area contributed by atoms with Crippen LogP contribution in [0.4, 0.5) is 11.4 Å². The maximum Gasteiger partial charge on any atom is 0.333 e. The topological polar surface area (TPSA) is 106 Å². The summed E-state index contributed by atoms with van der Waals surface area (Å²) in [4.78, 5) is 41.9. The number of carbonyl (C=O) groups is 1. The molecule has 0 radical (unpaired) electrons. The van der Waals surface area contributed by atoms with Gasteiger partial charge in [0.15, 0.2) is 0 Å². The first-order chi connectivity index (χ1) is 15.6. The van der Waals surface area contributed by atoms with Crippen LogP contribution in [0.15, 0.2) is 57.0 Å². The monoisotopic (exact) mass is 526 g/mol. The van der Waals surface area contributed by atoms with Crippen molar-refractivity contribution in [3.63, 3.8) is 0 Å². The first-order valence-electron chi connectivity index (χ1n) is 9.29. The van der Waals surface area contributed by atoms with Gasteiger partial charge in [-0.05, 0) is 42.5 Å². The molecule has 0 atom stereocenters. The Morgan fingerprint density at radius 1 is 1.00 bits per heavy atom. The molecule has 1 aromatic heterocycles. The highest BCUT2D eigenvalue weighted by Gasteiger charge is 2.22. The average Bonchev–Trinajstić information content (AvgIpc) is 2.75. The Bertz CT molecular complexity index is 1350. The molecule has 3 rings (SSSR count). The van der Waals surface area contributed by atoms with Gasteiger partial charge in [-0.2, -0.15) is 0 Å². The highest BCUT2D eigenvalue weighted by molar-refractivity contribution is 8.15. The molecule has 0 aliphatic heterocycles. The second-order valence-corrected chi connectivity index (χ2v) is 9.07. The number of thioether (sulfide) groups is 1. The van der Waals surface area contributed by atoms with Crippen molar-refractivity contribution in [2.45, 2.75) is 0 Å². The molecule has 0 saturated heterocycles. The molecule has 0 unspecified atom stereocenters. The molecular weight excluding hydrogens is 511 g/mol. The summed E-state index contributed by atoms with van der Waals surface area (Å²) in [5.74, 6) is -1.16. The van der Waals surface area contributed by atoms with Crippen LogP contribution in [0.2, 0.25) is 15.1 Å². The van der Waals surface area contributed by atoms with Gasteiger partial charge in [0.25, 0.3) is 5.56 Å². The van der Waals surface area contributed by atoms with Crippen molar-refractivity contribution in [3.05, 3.63) is 83.9 Å². The Labute approximate surface area is 207 Å². The van der Waals surface area contributed by atoms with Gasteiger partial charge in [0.05, 0.1) is 11.4 Å². The van der Waals surface area contributed by atoms with Crippen LogP contribution in [0, 0.1) is 0 Å². The Balaban J connectivity index is 1.97. The van der Waals surface area contributed by atoms with Gasteiger partial charge in [0, 0.05) is 34.9 Å². The lowest BCUT2D eigenvalue weighted by Gasteiger charge is -2.13. The van der Waals surface area contributed by atoms with Crippen LogP contribution in [-0.2, 0) is 18.9 Å². The van der Waals surface area contributed by atoms with Crippen LogP contribution in [0.5, 0.6) is 5.88 Å². The first-order valence-corrected chi connectivity index (χ1v) is 11.4. The average molecular weight is 528 g/mol. The Hall–Kier alpha value is -2.72. The van der Waals surface area contributed by atoms with E-state index in [-0.39, 0.29) is 16.4 Å². The molecule has 0 aliphatic carbocycles. The number of hydrogen-bond donors (Lipinski definition) is 2. The van der Waals surface area contributed by atoms with Gasteiger partial charge in [0.2, 0.25) is 11.8 Å². The fourth-order valence-corrected chi connectivity index (χ4v) is 4.26. The zero-order chi connectivity index (χ0) is 24.3. The van der Waals surface area contributed by atoms with E-state index in [0.717, 1.165) is 20.9 Å². The highest BCUT2D eigenvalue weighted by Crippen LogP contribution is 2.25. The molecule has 0 bridgehead atoms. The predicted octanol–water partition coefficient (Wildman–Crippen LogP) is 4.20. The van der Waals surface area contributed by atoms with Gasteiger partial charge in [-0.25, -0.2) is 9.79 Å². The van der Waals surface area contributed by atoms with E-state index < -0.39 is 23.0 Å². The summed E-state index contributed by atoms with van der Waals surface area (Å²) >= 11 is 18.7. The van der Waals surface area contributed by atoms with Crippen molar-refractivity contribution in [1.82, 2.24) is 9.13 Å². The zero-order valence-corrected chi connectivity index (χ0v) is 20.4. The SMILES string of the molecule is Cn1c(O)c(C(=Nc2ccc(Cl)cc2)SCC(=O)Nc2cc(Cl)cc(Cl)c2)c(=O)n(C)c1=O. The van der Waals surface area contributed by atoms with Crippen LogP contribution in [-0.4, -0.2) is 30.9 Å². The standard InChI is InChI=1S/C21H17Cl3N4O4S/c1-27-19(30)17(20(31)28(2)21(27)32)18(26-14-5-3-11(22)4-6-14)33-10-16(29)25-15-8-12(23)7-13(24)9-15/h3-9,30H,10H2,1-2H3,(H,25,29). The van der Waals surface area contributed by atoms with Crippen LogP contribution in [0.3, 0.4) is 0 Å². The minimum absolute atomic E-state index is 0.0466. The molecule has 0 aliphatic rings. The molecule has 172 valence electrons. The lowest BCUT2D eigenvalue weighted by molar-refractivity contribution is -0.113. The van der Waals surface area contributed by atoms with E-state index >= 15 is 0 Å². The highest BCUT2D eigenvalue weighted by atomic mass is 35.5. The van der Waals surface area contributed by atoms with Crippen LogP contribution in [0.25, 0.3) is 0 Å². The minimum Gasteiger partial charge on any atom is -0.494 e. The number of halogens is 3. The van der Waals surface area contributed by atoms with E-state index in [1.807, 2.05) is 0 Å². The van der Waals surface area contributed by atoms with Crippen molar-refractivity contribution >= 4 is 68.9 Å². The summed E-state index contributed by atoms with van der Waals surface area (Å²) in [5.41, 5.74) is -0.835. The number of carbonyl (C=O) groups excluding carboxylic acids is 1. The Kier molecular flexibility index (Phi) is 7.91. The Morgan fingerprint density at radius 2 is 1.61 bits per heavy atom. The fourth-order valence-electron chi connectivity index (χ4n) is 2.77. The largest absolute Gasteiger partial charge is 0.494 e. The predicted molar refractivity (Wildman–Crippen MR) is 134 cm³/mol. The minimum atomic E-state index is -0.752. The Morgan fingerprint density at radius 3 is 2.21 bits per heavy atom. The summed E-state index contributed by atoms with van der Waals surface area (Å²) in [6.45, 7) is 0. The van der Waals surface area contributed by atoms with Gasteiger partial charge in [-0.3, -0.25) is 18.7 Å². The number of nitrogens with one attached hydrogen (secondary N) is 1. The number of aliphatic imine (C=N–C) groups is 1. The number of hydrogen-bond acceptors (Lipinski definition) is 6. The number of rotatable bonds is 5. The third-order valence-electron chi connectivity index (χ3n) is 4.39. The van der Waals surface area contributed by atoms with Gasteiger partial charge in [-0.1, -0.05) is 46.6 Å². The maximum atomic E-state index is 12.8. The zero-order valence-electron chi connectivity index (χ0n) is 17.3. The molecule has 0 saturated carbocycles. The van der Waals surface area contributed by atoms with E-state index in [1.165, 1.54) is 32.3 Å². The quantitative estimate of drug-likeness (QED) is 0.382. The molecule has 1 amide bonds. The molecule has 2 aromatic carbocycles. The summed E-state index contributed by atoms with van der Waals surface area (Å²) < 4.78 is 1.77. The number of nitrogens with zero attached hydrogens (tertiary/aromatic N) is 3. The van der Waals surface area contributed by atoms with Crippen molar-refractivity contribution in [2.24, 2.45) is 19.1 Å². The van der Waals surface area contributed by atoms with Gasteiger partial charge in [0.1, 0.15) is 10.6 Å². The van der Waals surface area contributed by atoms with Crippen LogP contribution < -0.4 is 16.6 Å². The molecule has 1 heterocycles. The van der Waals surface area contributed by atoms with E-state index in [9.17, 15) is 19.5 Å². The number of aromatic nitrogens is 2. The molecule has 33 heavy (non-hydrogen) atoms. The second kappa shape index (κ2) is 10.5. The second-order valence-electron chi connectivity index (χ2n) is 6.79.